The number of aromatic nitrogens is 4. The number of aromatic amines is 2. The summed E-state index contributed by atoms with van der Waals surface area (Å²) in [5.74, 6) is 1.38. The summed E-state index contributed by atoms with van der Waals surface area (Å²) >= 11 is 0. The zero-order valence-corrected chi connectivity index (χ0v) is 17.2. The van der Waals surface area contributed by atoms with E-state index in [0.29, 0.717) is 16.7 Å². The Bertz CT molecular complexity index is 1330. The number of piperazine rings is 1. The van der Waals surface area contributed by atoms with Gasteiger partial charge in [0.2, 0.25) is 5.95 Å². The largest absolute Gasteiger partial charge is 0.340 e. The average Bonchev–Trinajstić information content (AvgIpc) is 2.80. The minimum absolute atomic E-state index is 0.0777. The van der Waals surface area contributed by atoms with Crippen LogP contribution in [0.2, 0.25) is 0 Å². The predicted molar refractivity (Wildman–Crippen MR) is 122 cm³/mol. The molecule has 0 spiro atoms. The number of H-pyrrole nitrogens is 2. The summed E-state index contributed by atoms with van der Waals surface area (Å²) < 4.78 is 0. The van der Waals surface area contributed by atoms with Crippen LogP contribution in [0.5, 0.6) is 0 Å². The van der Waals surface area contributed by atoms with Gasteiger partial charge in [0.1, 0.15) is 5.82 Å². The van der Waals surface area contributed by atoms with Gasteiger partial charge in [0.05, 0.1) is 21.8 Å². The van der Waals surface area contributed by atoms with Gasteiger partial charge in [-0.25, -0.2) is 9.97 Å². The van der Waals surface area contributed by atoms with Crippen LogP contribution in [-0.2, 0) is 6.42 Å². The van der Waals surface area contributed by atoms with E-state index in [1.54, 1.807) is 12.1 Å². The minimum atomic E-state index is -0.0973. The maximum Gasteiger partial charge on any atom is 0.260 e. The van der Waals surface area contributed by atoms with Crippen LogP contribution < -0.4 is 16.0 Å². The zero-order valence-electron chi connectivity index (χ0n) is 17.2. The Kier molecular flexibility index (Phi) is 5.21. The highest BCUT2D eigenvalue weighted by molar-refractivity contribution is 5.78. The van der Waals surface area contributed by atoms with Crippen molar-refractivity contribution < 1.29 is 0 Å². The summed E-state index contributed by atoms with van der Waals surface area (Å²) in [6.45, 7) is 4.36. The van der Waals surface area contributed by atoms with Crippen molar-refractivity contribution in [2.75, 3.05) is 37.6 Å². The van der Waals surface area contributed by atoms with Crippen LogP contribution in [0.3, 0.4) is 0 Å². The second kappa shape index (κ2) is 8.31. The summed E-state index contributed by atoms with van der Waals surface area (Å²) in [5.41, 5.74) is 1.29. The van der Waals surface area contributed by atoms with Crippen LogP contribution in [0.1, 0.15) is 12.2 Å². The van der Waals surface area contributed by atoms with Crippen LogP contribution in [-0.4, -0.2) is 57.6 Å². The summed E-state index contributed by atoms with van der Waals surface area (Å²) in [4.78, 5) is 44.1. The van der Waals surface area contributed by atoms with Crippen LogP contribution in [0, 0.1) is 0 Å². The molecule has 0 atom stereocenters. The van der Waals surface area contributed by atoms with Gasteiger partial charge in [-0.2, -0.15) is 0 Å². The molecule has 8 nitrogen and oxygen atoms in total. The summed E-state index contributed by atoms with van der Waals surface area (Å²) in [7, 11) is 0. The molecule has 8 heteroatoms. The zero-order chi connectivity index (χ0) is 21.2. The molecule has 2 aromatic carbocycles. The molecular formula is C23H24N6O2. The highest BCUT2D eigenvalue weighted by Gasteiger charge is 2.19. The van der Waals surface area contributed by atoms with Crippen molar-refractivity contribution >= 4 is 27.8 Å². The Hall–Kier alpha value is -3.52. The molecule has 4 aromatic rings. The van der Waals surface area contributed by atoms with Gasteiger partial charge in [0.25, 0.3) is 11.1 Å². The van der Waals surface area contributed by atoms with Crippen LogP contribution >= 0.6 is 0 Å². The Labute approximate surface area is 178 Å². The highest BCUT2D eigenvalue weighted by Crippen LogP contribution is 2.14. The van der Waals surface area contributed by atoms with E-state index in [9.17, 15) is 9.59 Å². The molecule has 0 saturated carbocycles. The Morgan fingerprint density at radius 2 is 1.39 bits per heavy atom. The number of benzene rings is 2. The lowest BCUT2D eigenvalue weighted by molar-refractivity contribution is 0.253. The van der Waals surface area contributed by atoms with E-state index in [1.807, 2.05) is 36.4 Å². The van der Waals surface area contributed by atoms with Crippen molar-refractivity contribution in [3.8, 4) is 0 Å². The molecule has 1 saturated heterocycles. The maximum atomic E-state index is 12.3. The van der Waals surface area contributed by atoms with Gasteiger partial charge >= 0.3 is 0 Å². The van der Waals surface area contributed by atoms with Crippen molar-refractivity contribution in [1.82, 2.24) is 24.8 Å². The molecule has 158 valence electrons. The molecule has 0 amide bonds. The van der Waals surface area contributed by atoms with Crippen molar-refractivity contribution in [2.45, 2.75) is 12.8 Å². The molecule has 2 aromatic heterocycles. The van der Waals surface area contributed by atoms with Gasteiger partial charge in [-0.1, -0.05) is 24.3 Å². The number of nitrogens with one attached hydrogen (secondary N) is 2. The van der Waals surface area contributed by atoms with Gasteiger partial charge < -0.3 is 9.88 Å². The van der Waals surface area contributed by atoms with Gasteiger partial charge in [0, 0.05) is 32.6 Å². The Balaban J connectivity index is 1.17. The number of nitrogens with zero attached hydrogens (tertiary/aromatic N) is 4. The lowest BCUT2D eigenvalue weighted by Crippen LogP contribution is -2.47. The Morgan fingerprint density at radius 3 is 2.10 bits per heavy atom. The van der Waals surface area contributed by atoms with E-state index >= 15 is 0 Å². The SMILES string of the molecule is O=c1[nH]c(CCCN2CCN(c3nc4ccccc4c(=O)[nH]3)CC2)nc2ccccc12. The fourth-order valence-corrected chi connectivity index (χ4v) is 4.13. The first-order valence-electron chi connectivity index (χ1n) is 10.6. The van der Waals surface area contributed by atoms with Crippen LogP contribution in [0.4, 0.5) is 5.95 Å². The monoisotopic (exact) mass is 416 g/mol. The van der Waals surface area contributed by atoms with Gasteiger partial charge in [-0.3, -0.25) is 19.5 Å². The van der Waals surface area contributed by atoms with E-state index in [0.717, 1.165) is 62.4 Å². The fourth-order valence-electron chi connectivity index (χ4n) is 4.13. The number of hydrogen-bond acceptors (Lipinski definition) is 6. The lowest BCUT2D eigenvalue weighted by atomic mass is 10.2. The van der Waals surface area contributed by atoms with Gasteiger partial charge in [-0.05, 0) is 37.2 Å². The van der Waals surface area contributed by atoms with Crippen molar-refractivity contribution in [2.24, 2.45) is 0 Å². The third kappa shape index (κ3) is 4.06. The second-order valence-electron chi connectivity index (χ2n) is 7.87. The number of hydrogen-bond donors (Lipinski definition) is 2. The molecular weight excluding hydrogens is 392 g/mol. The normalized spacial score (nSPS) is 15.0. The number of anilines is 1. The first-order valence-corrected chi connectivity index (χ1v) is 10.6. The van der Waals surface area contributed by atoms with Gasteiger partial charge in [0.15, 0.2) is 0 Å². The fraction of sp³-hybridized carbons (Fsp3) is 0.304. The third-order valence-corrected chi connectivity index (χ3v) is 5.82. The standard InChI is InChI=1S/C23H24N6O2/c30-21-16-6-1-3-8-18(16)24-20(26-21)10-5-11-28-12-14-29(15-13-28)23-25-19-9-4-2-7-17(19)22(31)27-23/h1-4,6-9H,5,10-15H2,(H,24,26,30)(H,25,27,31). The van der Waals surface area contributed by atoms with E-state index in [1.165, 1.54) is 0 Å². The predicted octanol–water partition coefficient (Wildman–Crippen LogP) is 1.91. The van der Waals surface area contributed by atoms with E-state index in [4.69, 9.17) is 0 Å². The average molecular weight is 416 g/mol. The third-order valence-electron chi connectivity index (χ3n) is 5.82. The first kappa shape index (κ1) is 19.4. The topological polar surface area (TPSA) is 98.0 Å². The number of para-hydroxylation sites is 2. The summed E-state index contributed by atoms with van der Waals surface area (Å²) in [6.07, 6.45) is 1.66. The minimum Gasteiger partial charge on any atom is -0.340 e. The second-order valence-corrected chi connectivity index (χ2v) is 7.87. The molecule has 1 aliphatic rings. The number of rotatable bonds is 5. The van der Waals surface area contributed by atoms with Gasteiger partial charge in [-0.15, -0.1) is 0 Å². The Morgan fingerprint density at radius 1 is 0.774 bits per heavy atom. The quantitative estimate of drug-likeness (QED) is 0.516. The van der Waals surface area contributed by atoms with Crippen molar-refractivity contribution in [3.63, 3.8) is 0 Å². The molecule has 2 N–H and O–H groups in total. The molecule has 5 rings (SSSR count). The molecule has 3 heterocycles. The maximum absolute atomic E-state index is 12.3. The van der Waals surface area contributed by atoms with Crippen LogP contribution in [0.25, 0.3) is 21.8 Å². The van der Waals surface area contributed by atoms with Crippen molar-refractivity contribution in [1.29, 1.82) is 0 Å². The lowest BCUT2D eigenvalue weighted by Gasteiger charge is -2.35. The molecule has 0 aliphatic carbocycles. The molecule has 0 radical (unpaired) electrons. The smallest absolute Gasteiger partial charge is 0.260 e. The molecule has 0 unspecified atom stereocenters. The summed E-state index contributed by atoms with van der Waals surface area (Å²) in [6, 6.07) is 14.8. The van der Waals surface area contributed by atoms with Crippen molar-refractivity contribution in [3.05, 3.63) is 75.1 Å². The van der Waals surface area contributed by atoms with Crippen LogP contribution in [0.15, 0.2) is 58.1 Å². The number of aryl methyl sites for hydroxylation is 1. The molecule has 1 aliphatic heterocycles. The first-order chi connectivity index (χ1) is 15.2. The molecule has 1 fully saturated rings. The molecule has 0 bridgehead atoms. The summed E-state index contributed by atoms with van der Waals surface area (Å²) in [5, 5.41) is 1.24. The molecule has 31 heavy (non-hydrogen) atoms. The van der Waals surface area contributed by atoms with E-state index < -0.39 is 0 Å². The van der Waals surface area contributed by atoms with E-state index in [2.05, 4.69) is 29.7 Å². The highest BCUT2D eigenvalue weighted by atomic mass is 16.1. The van der Waals surface area contributed by atoms with E-state index in [-0.39, 0.29) is 11.1 Å². The number of fused-ring (bicyclic) bond motifs is 2.